The van der Waals surface area contributed by atoms with Crippen LogP contribution in [0, 0.1) is 0 Å². The minimum absolute atomic E-state index is 0.00628. The van der Waals surface area contributed by atoms with E-state index in [-0.39, 0.29) is 29.7 Å². The summed E-state index contributed by atoms with van der Waals surface area (Å²) in [5, 5.41) is 36.5. The molecule has 0 aliphatic carbocycles. The number of carboxylic acids is 2. The standard InChI is InChI=1S/C13H16O6/c14-6-2-1-3-11(15)10-7-8(12(16)17)4-5-9(10)13(18)19/h4-5,7,11,14-15H,1-3,6H2,(H,16,17)(H,18,19). The SMILES string of the molecule is O=C(O)c1ccc(C(=O)O)c(C(O)CCCCO)c1. The minimum Gasteiger partial charge on any atom is -0.478 e. The molecule has 6 heteroatoms. The van der Waals surface area contributed by atoms with E-state index < -0.39 is 18.0 Å². The van der Waals surface area contributed by atoms with Crippen LogP contribution in [0.4, 0.5) is 0 Å². The lowest BCUT2D eigenvalue weighted by Gasteiger charge is -2.14. The quantitative estimate of drug-likeness (QED) is 0.554. The molecule has 6 nitrogen and oxygen atoms in total. The average molecular weight is 268 g/mol. The highest BCUT2D eigenvalue weighted by molar-refractivity contribution is 5.93. The molecule has 0 aliphatic heterocycles. The van der Waals surface area contributed by atoms with Crippen molar-refractivity contribution in [2.24, 2.45) is 0 Å². The smallest absolute Gasteiger partial charge is 0.336 e. The number of aliphatic hydroxyl groups is 2. The van der Waals surface area contributed by atoms with Crippen LogP contribution in [0.15, 0.2) is 18.2 Å². The average Bonchev–Trinajstić information content (AvgIpc) is 2.37. The van der Waals surface area contributed by atoms with Gasteiger partial charge >= 0.3 is 11.9 Å². The summed E-state index contributed by atoms with van der Waals surface area (Å²) in [6, 6.07) is 3.54. The molecule has 1 aromatic carbocycles. The van der Waals surface area contributed by atoms with E-state index in [1.165, 1.54) is 18.2 Å². The van der Waals surface area contributed by atoms with Crippen LogP contribution in [0.1, 0.15) is 51.6 Å². The van der Waals surface area contributed by atoms with E-state index in [9.17, 15) is 14.7 Å². The van der Waals surface area contributed by atoms with Gasteiger partial charge in [-0.2, -0.15) is 0 Å². The Morgan fingerprint density at radius 1 is 1.11 bits per heavy atom. The van der Waals surface area contributed by atoms with Crippen molar-refractivity contribution in [1.82, 2.24) is 0 Å². The Kier molecular flexibility index (Phi) is 5.47. The van der Waals surface area contributed by atoms with Crippen molar-refractivity contribution in [3.05, 3.63) is 34.9 Å². The van der Waals surface area contributed by atoms with Gasteiger partial charge in [0.05, 0.1) is 17.2 Å². The topological polar surface area (TPSA) is 115 Å². The van der Waals surface area contributed by atoms with Gasteiger partial charge in [0.2, 0.25) is 0 Å². The molecule has 4 N–H and O–H groups in total. The highest BCUT2D eigenvalue weighted by Gasteiger charge is 2.19. The fraction of sp³-hybridized carbons (Fsp3) is 0.385. The third-order valence-corrected chi connectivity index (χ3v) is 2.77. The Labute approximate surface area is 109 Å². The highest BCUT2D eigenvalue weighted by Crippen LogP contribution is 2.24. The molecule has 0 amide bonds. The number of carboxylic acid groups (broad SMARTS) is 2. The van der Waals surface area contributed by atoms with Crippen LogP contribution in [0.2, 0.25) is 0 Å². The first kappa shape index (κ1) is 15.1. The second-order valence-electron chi connectivity index (χ2n) is 4.15. The molecular weight excluding hydrogens is 252 g/mol. The second kappa shape index (κ2) is 6.86. The maximum Gasteiger partial charge on any atom is 0.336 e. The minimum atomic E-state index is -1.21. The fourth-order valence-electron chi connectivity index (χ4n) is 1.77. The Balaban J connectivity index is 3.02. The van der Waals surface area contributed by atoms with Crippen molar-refractivity contribution in [3.8, 4) is 0 Å². The maximum absolute atomic E-state index is 11.0. The van der Waals surface area contributed by atoms with Crippen LogP contribution in [-0.2, 0) is 0 Å². The molecule has 0 bridgehead atoms. The van der Waals surface area contributed by atoms with Crippen molar-refractivity contribution < 1.29 is 30.0 Å². The largest absolute Gasteiger partial charge is 0.478 e. The molecule has 1 atom stereocenters. The molecule has 0 spiro atoms. The van der Waals surface area contributed by atoms with E-state index in [4.69, 9.17) is 15.3 Å². The molecule has 1 aromatic rings. The van der Waals surface area contributed by atoms with Gasteiger partial charge in [-0.25, -0.2) is 9.59 Å². The van der Waals surface area contributed by atoms with Gasteiger partial charge in [0.15, 0.2) is 0 Å². The number of aromatic carboxylic acids is 2. The molecule has 0 heterocycles. The lowest BCUT2D eigenvalue weighted by Crippen LogP contribution is -2.10. The molecule has 0 saturated heterocycles. The normalized spacial score (nSPS) is 12.1. The van der Waals surface area contributed by atoms with Gasteiger partial charge in [-0.05, 0) is 43.0 Å². The van der Waals surface area contributed by atoms with Crippen molar-refractivity contribution in [3.63, 3.8) is 0 Å². The van der Waals surface area contributed by atoms with E-state index in [0.717, 1.165) is 0 Å². The third-order valence-electron chi connectivity index (χ3n) is 2.77. The van der Waals surface area contributed by atoms with Crippen molar-refractivity contribution in [2.45, 2.75) is 25.4 Å². The number of unbranched alkanes of at least 4 members (excludes halogenated alkanes) is 1. The Morgan fingerprint density at radius 3 is 2.32 bits per heavy atom. The molecule has 1 unspecified atom stereocenters. The first-order valence-electron chi connectivity index (χ1n) is 5.86. The molecule has 0 saturated carbocycles. The summed E-state index contributed by atoms with van der Waals surface area (Å²) in [5.74, 6) is -2.39. The van der Waals surface area contributed by atoms with Gasteiger partial charge in [-0.15, -0.1) is 0 Å². The zero-order valence-corrected chi connectivity index (χ0v) is 10.2. The van der Waals surface area contributed by atoms with Crippen LogP contribution in [-0.4, -0.2) is 39.0 Å². The van der Waals surface area contributed by atoms with Gasteiger partial charge in [0.1, 0.15) is 0 Å². The first-order valence-corrected chi connectivity index (χ1v) is 5.86. The lowest BCUT2D eigenvalue weighted by atomic mass is 9.96. The van der Waals surface area contributed by atoms with E-state index >= 15 is 0 Å². The Bertz CT molecular complexity index is 468. The fourth-order valence-corrected chi connectivity index (χ4v) is 1.77. The number of benzene rings is 1. The molecule has 0 aliphatic rings. The van der Waals surface area contributed by atoms with E-state index in [1.54, 1.807) is 0 Å². The van der Waals surface area contributed by atoms with Gasteiger partial charge in [-0.1, -0.05) is 0 Å². The summed E-state index contributed by atoms with van der Waals surface area (Å²) in [5.41, 5.74) is -0.0898. The van der Waals surface area contributed by atoms with Crippen LogP contribution in [0.3, 0.4) is 0 Å². The van der Waals surface area contributed by atoms with Crippen molar-refractivity contribution >= 4 is 11.9 Å². The lowest BCUT2D eigenvalue weighted by molar-refractivity contribution is 0.0674. The molecule has 0 fully saturated rings. The molecule has 0 radical (unpaired) electrons. The summed E-state index contributed by atoms with van der Waals surface area (Å²) in [4.78, 5) is 21.9. The highest BCUT2D eigenvalue weighted by atomic mass is 16.4. The van der Waals surface area contributed by atoms with Crippen molar-refractivity contribution in [2.75, 3.05) is 6.61 Å². The van der Waals surface area contributed by atoms with Gasteiger partial charge < -0.3 is 20.4 Å². The summed E-state index contributed by atoms with van der Waals surface area (Å²) < 4.78 is 0. The Hall–Kier alpha value is -1.92. The first-order chi connectivity index (χ1) is 8.97. The number of hydrogen-bond acceptors (Lipinski definition) is 4. The van der Waals surface area contributed by atoms with Crippen LogP contribution < -0.4 is 0 Å². The van der Waals surface area contributed by atoms with Crippen LogP contribution in [0.5, 0.6) is 0 Å². The van der Waals surface area contributed by atoms with Crippen LogP contribution in [0.25, 0.3) is 0 Å². The van der Waals surface area contributed by atoms with Crippen LogP contribution >= 0.6 is 0 Å². The maximum atomic E-state index is 11.0. The summed E-state index contributed by atoms with van der Waals surface area (Å²) in [6.45, 7) is -0.00628. The molecule has 1 rings (SSSR count). The summed E-state index contributed by atoms with van der Waals surface area (Å²) in [6.07, 6.45) is 0.229. The molecule has 0 aromatic heterocycles. The molecular formula is C13H16O6. The third kappa shape index (κ3) is 4.04. The zero-order valence-electron chi connectivity index (χ0n) is 10.2. The monoisotopic (exact) mass is 268 g/mol. The van der Waals surface area contributed by atoms with Crippen molar-refractivity contribution in [1.29, 1.82) is 0 Å². The number of rotatable bonds is 7. The van der Waals surface area contributed by atoms with E-state index in [0.29, 0.717) is 12.8 Å². The number of hydrogen-bond donors (Lipinski definition) is 4. The second-order valence-corrected chi connectivity index (χ2v) is 4.15. The summed E-state index contributed by atoms with van der Waals surface area (Å²) in [7, 11) is 0. The van der Waals surface area contributed by atoms with E-state index in [1.807, 2.05) is 0 Å². The number of aliphatic hydroxyl groups excluding tert-OH is 2. The van der Waals surface area contributed by atoms with Gasteiger partial charge in [0, 0.05) is 6.61 Å². The van der Waals surface area contributed by atoms with Gasteiger partial charge in [0.25, 0.3) is 0 Å². The predicted octanol–water partition coefficient (Wildman–Crippen LogP) is 1.28. The zero-order chi connectivity index (χ0) is 14.4. The molecule has 104 valence electrons. The summed E-state index contributed by atoms with van der Waals surface area (Å²) >= 11 is 0. The van der Waals surface area contributed by atoms with Gasteiger partial charge in [-0.3, -0.25) is 0 Å². The predicted molar refractivity (Wildman–Crippen MR) is 66.3 cm³/mol. The molecule has 19 heavy (non-hydrogen) atoms. The number of carbonyl (C=O) groups is 2. The Morgan fingerprint density at radius 2 is 1.79 bits per heavy atom. The van der Waals surface area contributed by atoms with E-state index in [2.05, 4.69) is 0 Å².